The largest absolute Gasteiger partial charge is 0.370 e. The van der Waals surface area contributed by atoms with E-state index in [2.05, 4.69) is 24.8 Å². The van der Waals surface area contributed by atoms with E-state index in [0.29, 0.717) is 11.9 Å². The van der Waals surface area contributed by atoms with Gasteiger partial charge >= 0.3 is 0 Å². The lowest BCUT2D eigenvalue weighted by atomic mass is 10.1. The van der Waals surface area contributed by atoms with E-state index in [0.717, 1.165) is 27.5 Å². The van der Waals surface area contributed by atoms with Crippen LogP contribution < -0.4 is 11.1 Å². The van der Waals surface area contributed by atoms with E-state index >= 15 is 0 Å². The van der Waals surface area contributed by atoms with Gasteiger partial charge in [0.15, 0.2) is 12.1 Å². The molecule has 1 atom stereocenters. The molecule has 0 aliphatic carbocycles. The summed E-state index contributed by atoms with van der Waals surface area (Å²) in [5.74, 6) is 1.05. The van der Waals surface area contributed by atoms with Gasteiger partial charge in [-0.25, -0.2) is 9.98 Å². The third kappa shape index (κ3) is 1.80. The predicted octanol–water partition coefficient (Wildman–Crippen LogP) is 2.87. The molecule has 0 spiro atoms. The summed E-state index contributed by atoms with van der Waals surface area (Å²) in [6, 6.07) is 18.1. The molecule has 1 aliphatic heterocycles. The molecule has 24 heavy (non-hydrogen) atoms. The van der Waals surface area contributed by atoms with E-state index in [1.165, 1.54) is 0 Å². The number of anilines is 1. The maximum absolute atomic E-state index is 6.01. The van der Waals surface area contributed by atoms with Crippen molar-refractivity contribution in [1.29, 1.82) is 0 Å². The Bertz CT molecular complexity index is 1110. The van der Waals surface area contributed by atoms with Crippen molar-refractivity contribution in [3.63, 3.8) is 0 Å². The first-order valence-corrected chi connectivity index (χ1v) is 7.72. The van der Waals surface area contributed by atoms with Gasteiger partial charge in [-0.1, -0.05) is 36.4 Å². The molecular formula is C18H14N6. The Labute approximate surface area is 137 Å². The summed E-state index contributed by atoms with van der Waals surface area (Å²) in [7, 11) is 0. The number of hydrogen-bond acceptors (Lipinski definition) is 5. The van der Waals surface area contributed by atoms with Crippen molar-refractivity contribution in [3.05, 3.63) is 66.4 Å². The molecule has 1 aliphatic rings. The SMILES string of the molecule is NC1=N[C@@H](c2cccc3cccnc23)n2c(nc3ccccc32)N1. The second-order valence-electron chi connectivity index (χ2n) is 5.73. The number of imidazole rings is 1. The third-order valence-electron chi connectivity index (χ3n) is 4.28. The lowest BCUT2D eigenvalue weighted by molar-refractivity contribution is 0.629. The minimum atomic E-state index is -0.299. The number of nitrogens with zero attached hydrogens (tertiary/aromatic N) is 4. The van der Waals surface area contributed by atoms with Gasteiger partial charge in [-0.2, -0.15) is 0 Å². The molecule has 0 saturated carbocycles. The van der Waals surface area contributed by atoms with E-state index in [1.54, 1.807) is 6.20 Å². The normalized spacial score (nSPS) is 16.7. The number of nitrogens with one attached hydrogen (secondary N) is 1. The Morgan fingerprint density at radius 1 is 1.00 bits per heavy atom. The molecule has 4 aromatic rings. The van der Waals surface area contributed by atoms with Crippen LogP contribution in [0.15, 0.2) is 65.8 Å². The summed E-state index contributed by atoms with van der Waals surface area (Å²) in [5.41, 5.74) is 9.85. The van der Waals surface area contributed by atoms with Crippen LogP contribution in [0.4, 0.5) is 5.95 Å². The highest BCUT2D eigenvalue weighted by Crippen LogP contribution is 2.34. The molecule has 5 rings (SSSR count). The van der Waals surface area contributed by atoms with E-state index < -0.39 is 0 Å². The van der Waals surface area contributed by atoms with Crippen LogP contribution in [0.5, 0.6) is 0 Å². The number of guanidine groups is 1. The summed E-state index contributed by atoms with van der Waals surface area (Å²) in [6.45, 7) is 0. The molecule has 0 fully saturated rings. The maximum Gasteiger partial charge on any atom is 0.212 e. The minimum absolute atomic E-state index is 0.299. The van der Waals surface area contributed by atoms with Crippen molar-refractivity contribution in [3.8, 4) is 0 Å². The van der Waals surface area contributed by atoms with E-state index in [-0.39, 0.29) is 6.17 Å². The number of benzene rings is 2. The zero-order valence-corrected chi connectivity index (χ0v) is 12.7. The van der Waals surface area contributed by atoms with Crippen LogP contribution in [0.2, 0.25) is 0 Å². The minimum Gasteiger partial charge on any atom is -0.370 e. The Morgan fingerprint density at radius 2 is 1.88 bits per heavy atom. The molecule has 2 aromatic heterocycles. The van der Waals surface area contributed by atoms with Crippen LogP contribution in [0.1, 0.15) is 11.7 Å². The molecule has 6 heteroatoms. The number of aliphatic imine (C=N–C) groups is 1. The Morgan fingerprint density at radius 3 is 2.83 bits per heavy atom. The van der Waals surface area contributed by atoms with Gasteiger partial charge < -0.3 is 5.73 Å². The summed E-state index contributed by atoms with van der Waals surface area (Å²) >= 11 is 0. The first-order valence-electron chi connectivity index (χ1n) is 7.72. The Balaban J connectivity index is 1.83. The van der Waals surface area contributed by atoms with Crippen molar-refractivity contribution in [2.24, 2.45) is 10.7 Å². The molecule has 6 nitrogen and oxygen atoms in total. The van der Waals surface area contributed by atoms with Gasteiger partial charge in [-0.05, 0) is 18.2 Å². The number of fused-ring (bicyclic) bond motifs is 4. The van der Waals surface area contributed by atoms with E-state index in [1.807, 2.05) is 54.6 Å². The number of para-hydroxylation sites is 3. The van der Waals surface area contributed by atoms with Crippen LogP contribution in [-0.2, 0) is 0 Å². The van der Waals surface area contributed by atoms with Crippen molar-refractivity contribution >= 4 is 33.8 Å². The van der Waals surface area contributed by atoms with Crippen LogP contribution in [0, 0.1) is 0 Å². The fourth-order valence-electron chi connectivity index (χ4n) is 3.26. The quantitative estimate of drug-likeness (QED) is 0.566. The average molecular weight is 314 g/mol. The molecule has 3 N–H and O–H groups in total. The molecular weight excluding hydrogens is 300 g/mol. The topological polar surface area (TPSA) is 81.1 Å². The zero-order valence-electron chi connectivity index (χ0n) is 12.7. The van der Waals surface area contributed by atoms with Gasteiger partial charge in [0, 0.05) is 17.1 Å². The van der Waals surface area contributed by atoms with Crippen LogP contribution in [0.25, 0.3) is 21.9 Å². The lowest BCUT2D eigenvalue weighted by Gasteiger charge is -2.24. The summed E-state index contributed by atoms with van der Waals surface area (Å²) in [4.78, 5) is 13.8. The van der Waals surface area contributed by atoms with Gasteiger partial charge in [0.2, 0.25) is 5.95 Å². The van der Waals surface area contributed by atoms with Gasteiger partial charge in [0.25, 0.3) is 0 Å². The van der Waals surface area contributed by atoms with Crippen molar-refractivity contribution in [2.75, 3.05) is 5.32 Å². The summed E-state index contributed by atoms with van der Waals surface area (Å²) in [6.07, 6.45) is 1.50. The van der Waals surface area contributed by atoms with E-state index in [4.69, 9.17) is 5.73 Å². The first-order chi connectivity index (χ1) is 11.8. The molecule has 0 radical (unpaired) electrons. The maximum atomic E-state index is 6.01. The van der Waals surface area contributed by atoms with Crippen LogP contribution in [0.3, 0.4) is 0 Å². The van der Waals surface area contributed by atoms with E-state index in [9.17, 15) is 0 Å². The zero-order chi connectivity index (χ0) is 16.1. The van der Waals surface area contributed by atoms with Gasteiger partial charge in [-0.3, -0.25) is 14.9 Å². The third-order valence-corrected chi connectivity index (χ3v) is 4.28. The molecule has 0 saturated heterocycles. The number of pyridine rings is 1. The Hall–Kier alpha value is -3.41. The fourth-order valence-corrected chi connectivity index (χ4v) is 3.26. The summed E-state index contributed by atoms with van der Waals surface area (Å²) in [5, 5.41) is 4.13. The number of aromatic nitrogens is 3. The molecule has 116 valence electrons. The monoisotopic (exact) mass is 314 g/mol. The highest BCUT2D eigenvalue weighted by atomic mass is 15.4. The van der Waals surface area contributed by atoms with Gasteiger partial charge in [0.1, 0.15) is 0 Å². The highest BCUT2D eigenvalue weighted by Gasteiger charge is 2.26. The van der Waals surface area contributed by atoms with Crippen molar-refractivity contribution in [2.45, 2.75) is 6.17 Å². The van der Waals surface area contributed by atoms with Crippen LogP contribution >= 0.6 is 0 Å². The lowest BCUT2D eigenvalue weighted by Crippen LogP contribution is -2.31. The van der Waals surface area contributed by atoms with Gasteiger partial charge in [0.05, 0.1) is 16.6 Å². The van der Waals surface area contributed by atoms with Crippen molar-refractivity contribution < 1.29 is 0 Å². The molecule has 2 aromatic carbocycles. The molecule has 3 heterocycles. The Kier molecular flexibility index (Phi) is 2.61. The number of nitrogens with two attached hydrogens (primary N) is 1. The smallest absolute Gasteiger partial charge is 0.212 e. The van der Waals surface area contributed by atoms with Crippen LogP contribution in [-0.4, -0.2) is 20.5 Å². The standard InChI is InChI=1S/C18H14N6/c19-17-22-16(12-7-3-5-11-6-4-10-20-15(11)12)24-14-9-2-1-8-13(14)21-18(24)23-17/h1-10,16H,(H3,19,21,22,23)/t16-/m1/s1. The van der Waals surface area contributed by atoms with Crippen molar-refractivity contribution in [1.82, 2.24) is 14.5 Å². The summed E-state index contributed by atoms with van der Waals surface area (Å²) < 4.78 is 2.06. The predicted molar refractivity (Wildman–Crippen MR) is 94.9 cm³/mol. The number of rotatable bonds is 1. The second kappa shape index (κ2) is 4.79. The molecule has 0 bridgehead atoms. The highest BCUT2D eigenvalue weighted by molar-refractivity contribution is 5.95. The number of hydrogen-bond donors (Lipinski definition) is 2. The first kappa shape index (κ1) is 13.1. The molecule has 0 unspecified atom stereocenters. The fraction of sp³-hybridized carbons (Fsp3) is 0.0556. The molecule has 0 amide bonds. The van der Waals surface area contributed by atoms with Gasteiger partial charge in [-0.15, -0.1) is 0 Å². The average Bonchev–Trinajstić information content (AvgIpc) is 2.98. The second-order valence-corrected chi connectivity index (χ2v) is 5.73.